The van der Waals surface area contributed by atoms with Gasteiger partial charge in [-0.25, -0.2) is 0 Å². The van der Waals surface area contributed by atoms with Crippen LogP contribution in [0.3, 0.4) is 0 Å². The lowest BCUT2D eigenvalue weighted by molar-refractivity contribution is -0.000287. The molecule has 0 amide bonds. The number of ether oxygens (including phenoxy) is 1. The van der Waals surface area contributed by atoms with Crippen LogP contribution in [-0.4, -0.2) is 23.1 Å². The number of aliphatic hydroxyl groups excluding tert-OH is 2. The van der Waals surface area contributed by atoms with Gasteiger partial charge in [0.2, 0.25) is 0 Å². The SMILES string of the molecule is CC(O)Oc1ccccc1.CCCO. The molecule has 80 valence electrons. The van der Waals surface area contributed by atoms with Gasteiger partial charge in [0.25, 0.3) is 0 Å². The summed E-state index contributed by atoms with van der Waals surface area (Å²) in [6.07, 6.45) is 0.141. The van der Waals surface area contributed by atoms with Crippen molar-refractivity contribution in [1.82, 2.24) is 0 Å². The van der Waals surface area contributed by atoms with E-state index >= 15 is 0 Å². The quantitative estimate of drug-likeness (QED) is 0.728. The van der Waals surface area contributed by atoms with Crippen molar-refractivity contribution >= 4 is 0 Å². The van der Waals surface area contributed by atoms with Crippen LogP contribution in [0.25, 0.3) is 0 Å². The molecule has 0 heterocycles. The monoisotopic (exact) mass is 198 g/mol. The highest BCUT2D eigenvalue weighted by Crippen LogP contribution is 2.08. The maximum absolute atomic E-state index is 8.78. The number of hydrogen-bond donors (Lipinski definition) is 2. The highest BCUT2D eigenvalue weighted by atomic mass is 16.6. The molecule has 14 heavy (non-hydrogen) atoms. The normalized spacial score (nSPS) is 11.1. The predicted molar refractivity (Wildman–Crippen MR) is 56.1 cm³/mol. The molecule has 0 aromatic heterocycles. The minimum absolute atomic E-state index is 0.319. The van der Waals surface area contributed by atoms with Crippen molar-refractivity contribution in [2.45, 2.75) is 26.6 Å². The molecule has 0 radical (unpaired) electrons. The lowest BCUT2D eigenvalue weighted by Gasteiger charge is -2.06. The highest BCUT2D eigenvalue weighted by Gasteiger charge is 1.94. The third kappa shape index (κ3) is 7.58. The summed E-state index contributed by atoms with van der Waals surface area (Å²) in [4.78, 5) is 0. The number of benzene rings is 1. The van der Waals surface area contributed by atoms with E-state index in [0.29, 0.717) is 12.4 Å². The Kier molecular flexibility index (Phi) is 7.89. The van der Waals surface area contributed by atoms with Crippen LogP contribution in [0.2, 0.25) is 0 Å². The summed E-state index contributed by atoms with van der Waals surface area (Å²) in [7, 11) is 0. The molecule has 1 atom stereocenters. The number of para-hydroxylation sites is 1. The van der Waals surface area contributed by atoms with Crippen molar-refractivity contribution in [2.24, 2.45) is 0 Å². The van der Waals surface area contributed by atoms with Crippen LogP contribution in [-0.2, 0) is 0 Å². The zero-order chi connectivity index (χ0) is 10.8. The van der Waals surface area contributed by atoms with E-state index in [0.717, 1.165) is 6.42 Å². The van der Waals surface area contributed by atoms with Crippen LogP contribution in [0, 0.1) is 0 Å². The zero-order valence-electron chi connectivity index (χ0n) is 8.68. The van der Waals surface area contributed by atoms with Gasteiger partial charge in [-0.3, -0.25) is 0 Å². The van der Waals surface area contributed by atoms with Crippen molar-refractivity contribution in [3.8, 4) is 5.75 Å². The Morgan fingerprint density at radius 3 is 2.14 bits per heavy atom. The molecule has 0 spiro atoms. The van der Waals surface area contributed by atoms with Crippen LogP contribution in [0.5, 0.6) is 5.75 Å². The summed E-state index contributed by atoms with van der Waals surface area (Å²) in [5.41, 5.74) is 0. The van der Waals surface area contributed by atoms with E-state index in [-0.39, 0.29) is 0 Å². The van der Waals surface area contributed by atoms with E-state index in [1.165, 1.54) is 0 Å². The first kappa shape index (κ1) is 12.9. The second-order valence-corrected chi connectivity index (χ2v) is 2.75. The Bertz CT molecular complexity index is 207. The average molecular weight is 198 g/mol. The van der Waals surface area contributed by atoms with Crippen molar-refractivity contribution in [3.05, 3.63) is 30.3 Å². The van der Waals surface area contributed by atoms with Crippen molar-refractivity contribution < 1.29 is 14.9 Å². The van der Waals surface area contributed by atoms with Gasteiger partial charge in [0.1, 0.15) is 5.75 Å². The maximum Gasteiger partial charge on any atom is 0.194 e. The minimum atomic E-state index is -0.734. The molecule has 3 heteroatoms. The fourth-order valence-corrected chi connectivity index (χ4v) is 0.696. The minimum Gasteiger partial charge on any atom is -0.465 e. The topological polar surface area (TPSA) is 49.7 Å². The predicted octanol–water partition coefficient (Wildman–Crippen LogP) is 1.79. The van der Waals surface area contributed by atoms with E-state index in [2.05, 4.69) is 0 Å². The first-order valence-corrected chi connectivity index (χ1v) is 4.71. The number of rotatable bonds is 3. The summed E-state index contributed by atoms with van der Waals surface area (Å²) < 4.78 is 4.97. The second-order valence-electron chi connectivity index (χ2n) is 2.75. The Labute approximate surface area is 85.0 Å². The molecule has 0 fully saturated rings. The van der Waals surface area contributed by atoms with Gasteiger partial charge in [0, 0.05) is 6.61 Å². The van der Waals surface area contributed by atoms with E-state index in [4.69, 9.17) is 14.9 Å². The molecule has 0 bridgehead atoms. The number of aliphatic hydroxyl groups is 2. The molecule has 1 unspecified atom stereocenters. The Hall–Kier alpha value is -1.06. The molecule has 0 aliphatic heterocycles. The smallest absolute Gasteiger partial charge is 0.194 e. The molecule has 1 rings (SSSR count). The Morgan fingerprint density at radius 1 is 1.29 bits per heavy atom. The van der Waals surface area contributed by atoms with Gasteiger partial charge in [0.15, 0.2) is 6.29 Å². The zero-order valence-corrected chi connectivity index (χ0v) is 8.68. The van der Waals surface area contributed by atoms with E-state index in [1.807, 2.05) is 25.1 Å². The second kappa shape index (κ2) is 8.53. The fraction of sp³-hybridized carbons (Fsp3) is 0.455. The summed E-state index contributed by atoms with van der Waals surface area (Å²) in [5, 5.41) is 16.7. The molecular formula is C11H18O3. The fourth-order valence-electron chi connectivity index (χ4n) is 0.696. The van der Waals surface area contributed by atoms with Crippen molar-refractivity contribution in [1.29, 1.82) is 0 Å². The average Bonchev–Trinajstić information content (AvgIpc) is 2.19. The van der Waals surface area contributed by atoms with Crippen LogP contribution >= 0.6 is 0 Å². The highest BCUT2D eigenvalue weighted by molar-refractivity contribution is 5.20. The maximum atomic E-state index is 8.78. The molecule has 1 aromatic rings. The van der Waals surface area contributed by atoms with Gasteiger partial charge < -0.3 is 14.9 Å². The molecule has 0 saturated heterocycles. The third-order valence-corrected chi connectivity index (χ3v) is 1.27. The largest absolute Gasteiger partial charge is 0.465 e. The van der Waals surface area contributed by atoms with E-state index < -0.39 is 6.29 Å². The van der Waals surface area contributed by atoms with E-state index in [9.17, 15) is 0 Å². The first-order chi connectivity index (χ1) is 6.70. The molecule has 0 aliphatic carbocycles. The van der Waals surface area contributed by atoms with Crippen LogP contribution in [0.4, 0.5) is 0 Å². The molecular weight excluding hydrogens is 180 g/mol. The van der Waals surface area contributed by atoms with Crippen molar-refractivity contribution in [3.63, 3.8) is 0 Å². The summed E-state index contributed by atoms with van der Waals surface area (Å²) in [6, 6.07) is 9.21. The van der Waals surface area contributed by atoms with Crippen LogP contribution in [0.1, 0.15) is 20.3 Å². The molecule has 1 aromatic carbocycles. The molecule has 0 aliphatic rings. The van der Waals surface area contributed by atoms with Gasteiger partial charge >= 0.3 is 0 Å². The summed E-state index contributed by atoms with van der Waals surface area (Å²) in [5.74, 6) is 0.692. The standard InChI is InChI=1S/C8H10O2.C3H8O/c1-7(9)10-8-5-3-2-4-6-8;1-2-3-4/h2-7,9H,1H3;4H,2-3H2,1H3. The lowest BCUT2D eigenvalue weighted by Crippen LogP contribution is -2.08. The first-order valence-electron chi connectivity index (χ1n) is 4.71. The Balaban J connectivity index is 0.000000364. The summed E-state index contributed by atoms with van der Waals surface area (Å²) >= 11 is 0. The van der Waals surface area contributed by atoms with Gasteiger partial charge in [0.05, 0.1) is 0 Å². The van der Waals surface area contributed by atoms with E-state index in [1.54, 1.807) is 19.1 Å². The molecule has 2 N–H and O–H groups in total. The van der Waals surface area contributed by atoms with Gasteiger partial charge in [-0.15, -0.1) is 0 Å². The van der Waals surface area contributed by atoms with Gasteiger partial charge in [-0.05, 0) is 25.5 Å². The van der Waals surface area contributed by atoms with Gasteiger partial charge in [-0.1, -0.05) is 25.1 Å². The lowest BCUT2D eigenvalue weighted by atomic mass is 10.3. The summed E-state index contributed by atoms with van der Waals surface area (Å²) in [6.45, 7) is 3.83. The molecule has 0 saturated carbocycles. The number of hydrogen-bond acceptors (Lipinski definition) is 3. The van der Waals surface area contributed by atoms with Gasteiger partial charge in [-0.2, -0.15) is 0 Å². The Morgan fingerprint density at radius 2 is 1.79 bits per heavy atom. The van der Waals surface area contributed by atoms with Crippen LogP contribution < -0.4 is 4.74 Å². The molecule has 3 nitrogen and oxygen atoms in total. The third-order valence-electron chi connectivity index (χ3n) is 1.27. The van der Waals surface area contributed by atoms with Crippen LogP contribution in [0.15, 0.2) is 30.3 Å². The van der Waals surface area contributed by atoms with Crippen molar-refractivity contribution in [2.75, 3.05) is 6.61 Å².